The van der Waals surface area contributed by atoms with Crippen LogP contribution in [-0.4, -0.2) is 23.0 Å². The lowest BCUT2D eigenvalue weighted by atomic mass is 9.85. The number of carbonyl (C=O) groups is 2. The van der Waals surface area contributed by atoms with E-state index in [0.29, 0.717) is 17.4 Å². The van der Waals surface area contributed by atoms with Crippen molar-refractivity contribution < 1.29 is 14.3 Å². The van der Waals surface area contributed by atoms with Gasteiger partial charge in [-0.3, -0.25) is 9.59 Å². The maximum Gasteiger partial charge on any atom is 0.254 e. The van der Waals surface area contributed by atoms with Gasteiger partial charge in [0.2, 0.25) is 0 Å². The van der Waals surface area contributed by atoms with Crippen LogP contribution in [0.2, 0.25) is 5.02 Å². The summed E-state index contributed by atoms with van der Waals surface area (Å²) in [6.07, 6.45) is 8.12. The number of nitrogens with zero attached hydrogens (tertiary/aromatic N) is 2. The van der Waals surface area contributed by atoms with E-state index in [1.54, 1.807) is 6.21 Å². The first-order valence-corrected chi connectivity index (χ1v) is 12.8. The predicted octanol–water partition coefficient (Wildman–Crippen LogP) is 5.98. The van der Waals surface area contributed by atoms with Gasteiger partial charge in [-0.1, -0.05) is 42.0 Å². The average molecular weight is 591 g/mol. The maximum absolute atomic E-state index is 13.1. The minimum atomic E-state index is -0.244. The lowest BCUT2D eigenvalue weighted by molar-refractivity contribution is -0.141. The van der Waals surface area contributed by atoms with Crippen molar-refractivity contribution in [3.63, 3.8) is 0 Å². The molecule has 0 aromatic heterocycles. The van der Waals surface area contributed by atoms with Crippen molar-refractivity contribution in [3.8, 4) is 5.75 Å². The zero-order valence-corrected chi connectivity index (χ0v) is 21.3. The van der Waals surface area contributed by atoms with E-state index >= 15 is 0 Å². The Morgan fingerprint density at radius 3 is 2.24 bits per heavy atom. The highest BCUT2D eigenvalue weighted by atomic mass is 79.9. The van der Waals surface area contributed by atoms with E-state index in [2.05, 4.69) is 49.1 Å². The van der Waals surface area contributed by atoms with Crippen molar-refractivity contribution in [2.75, 3.05) is 0 Å². The van der Waals surface area contributed by atoms with Crippen LogP contribution in [0, 0.1) is 29.1 Å². The highest BCUT2D eigenvalue weighted by Gasteiger charge is 2.73. The Kier molecular flexibility index (Phi) is 5.09. The van der Waals surface area contributed by atoms with Gasteiger partial charge in [0.1, 0.15) is 12.4 Å². The number of allylic oxidation sites excluding steroid dienone is 2. The van der Waals surface area contributed by atoms with E-state index < -0.39 is 0 Å². The second-order valence-electron chi connectivity index (χ2n) is 9.15. The molecular weight excluding hydrogens is 572 g/mol. The van der Waals surface area contributed by atoms with Crippen molar-refractivity contribution >= 4 is 61.5 Å². The van der Waals surface area contributed by atoms with Crippen molar-refractivity contribution in [1.82, 2.24) is 5.01 Å². The highest BCUT2D eigenvalue weighted by molar-refractivity contribution is 9.11. The number of hydrogen-bond acceptors (Lipinski definition) is 4. The molecule has 6 rings (SSSR count). The standard InChI is InChI=1S/C25H19Br2ClN2O3/c26-17-9-13(10-18(27)22(17)33-12-14-3-1-2-4-19(14)28)11-29-30-23(31)20-15-5-6-16(21(20)24(30)32)25(15)7-8-25/h1-6,9-11,15-16,20-21H,7-8,12H2/b29-11-/t15-,16-,20-,21+/m1/s1. The van der Waals surface area contributed by atoms with Crippen LogP contribution in [0.25, 0.3) is 0 Å². The molecular formula is C25H19Br2ClN2O3. The lowest BCUT2D eigenvalue weighted by Gasteiger charge is -2.18. The summed E-state index contributed by atoms with van der Waals surface area (Å²) in [5.74, 6) is 0.207. The zero-order chi connectivity index (χ0) is 22.9. The monoisotopic (exact) mass is 588 g/mol. The molecule has 0 unspecified atom stereocenters. The largest absolute Gasteiger partial charge is 0.486 e. The van der Waals surface area contributed by atoms with Crippen molar-refractivity contribution in [3.05, 3.63) is 73.6 Å². The predicted molar refractivity (Wildman–Crippen MR) is 132 cm³/mol. The van der Waals surface area contributed by atoms with E-state index in [1.807, 2.05) is 36.4 Å². The van der Waals surface area contributed by atoms with Crippen LogP contribution in [0.1, 0.15) is 24.0 Å². The fraction of sp³-hybridized carbons (Fsp3) is 0.320. The van der Waals surface area contributed by atoms with Gasteiger partial charge in [-0.25, -0.2) is 0 Å². The SMILES string of the molecule is O=C1[C@@H]2[C@H](C(=O)N1/N=C\c1cc(Br)c(OCc3ccccc3Cl)c(Br)c1)[C@H]1C=C[C@H]2C12CC2. The van der Waals surface area contributed by atoms with Crippen LogP contribution in [-0.2, 0) is 16.2 Å². The topological polar surface area (TPSA) is 59.0 Å². The number of hydrogen-bond donors (Lipinski definition) is 0. The summed E-state index contributed by atoms with van der Waals surface area (Å²) in [5, 5.41) is 6.03. The quantitative estimate of drug-likeness (QED) is 0.245. The first-order chi connectivity index (χ1) is 15.9. The lowest BCUT2D eigenvalue weighted by Crippen LogP contribution is -2.30. The van der Waals surface area contributed by atoms with Gasteiger partial charge in [0, 0.05) is 10.6 Å². The molecule has 1 spiro atoms. The third kappa shape index (κ3) is 3.27. The number of benzene rings is 2. The first-order valence-electron chi connectivity index (χ1n) is 10.9. The minimum absolute atomic E-state index is 0.165. The fourth-order valence-electron chi connectivity index (χ4n) is 5.86. The van der Waals surface area contributed by atoms with Crippen LogP contribution in [0.15, 0.2) is 62.6 Å². The first kappa shape index (κ1) is 21.6. The fourth-order valence-corrected chi connectivity index (χ4v) is 7.50. The second kappa shape index (κ2) is 7.79. The van der Waals surface area contributed by atoms with Crippen LogP contribution < -0.4 is 4.74 Å². The van der Waals surface area contributed by atoms with E-state index in [-0.39, 0.29) is 40.9 Å². The van der Waals surface area contributed by atoms with Crippen LogP contribution in [0.4, 0.5) is 0 Å². The molecule has 8 heteroatoms. The second-order valence-corrected chi connectivity index (χ2v) is 11.3. The van der Waals surface area contributed by atoms with Gasteiger partial charge >= 0.3 is 0 Å². The molecule has 0 N–H and O–H groups in total. The third-order valence-electron chi connectivity index (χ3n) is 7.50. The molecule has 2 saturated carbocycles. The van der Waals surface area contributed by atoms with Crippen LogP contribution in [0.5, 0.6) is 5.75 Å². The smallest absolute Gasteiger partial charge is 0.254 e. The summed E-state index contributed by atoms with van der Waals surface area (Å²) < 4.78 is 7.40. The minimum Gasteiger partial charge on any atom is -0.486 e. The molecule has 33 heavy (non-hydrogen) atoms. The molecule has 2 aromatic carbocycles. The van der Waals surface area contributed by atoms with Crippen molar-refractivity contribution in [2.24, 2.45) is 34.2 Å². The van der Waals surface area contributed by atoms with Gasteiger partial charge < -0.3 is 4.74 Å². The summed E-state index contributed by atoms with van der Waals surface area (Å²) in [6, 6.07) is 11.2. The van der Waals surface area contributed by atoms with Gasteiger partial charge in [0.25, 0.3) is 11.8 Å². The summed E-state index contributed by atoms with van der Waals surface area (Å²) in [6.45, 7) is 0.321. The zero-order valence-electron chi connectivity index (χ0n) is 17.4. The molecule has 1 saturated heterocycles. The Morgan fingerprint density at radius 1 is 1.06 bits per heavy atom. The van der Waals surface area contributed by atoms with Gasteiger partial charge in [-0.15, -0.1) is 0 Å². The Balaban J connectivity index is 1.19. The summed E-state index contributed by atoms with van der Waals surface area (Å²) in [4.78, 5) is 26.1. The molecule has 3 aliphatic carbocycles. The number of amides is 2. The number of ether oxygens (including phenoxy) is 1. The van der Waals surface area contributed by atoms with Gasteiger partial charge in [-0.2, -0.15) is 10.1 Å². The molecule has 2 aromatic rings. The van der Waals surface area contributed by atoms with E-state index in [0.717, 1.165) is 37.9 Å². The van der Waals surface area contributed by atoms with E-state index in [4.69, 9.17) is 16.3 Å². The molecule has 4 atom stereocenters. The van der Waals surface area contributed by atoms with Gasteiger partial charge in [0.05, 0.1) is 27.0 Å². The van der Waals surface area contributed by atoms with Crippen LogP contribution >= 0.6 is 43.5 Å². The molecule has 0 radical (unpaired) electrons. The Morgan fingerprint density at radius 2 is 1.67 bits per heavy atom. The maximum atomic E-state index is 13.1. The summed E-state index contributed by atoms with van der Waals surface area (Å²) in [7, 11) is 0. The number of rotatable bonds is 5. The van der Waals surface area contributed by atoms with Crippen molar-refractivity contribution in [2.45, 2.75) is 19.4 Å². The number of halogens is 3. The summed E-state index contributed by atoms with van der Waals surface area (Å²) >= 11 is 13.3. The normalized spacial score (nSPS) is 28.4. The van der Waals surface area contributed by atoms with Crippen LogP contribution in [0.3, 0.4) is 0 Å². The number of carbonyl (C=O) groups excluding carboxylic acids is 2. The van der Waals surface area contributed by atoms with E-state index in [1.165, 1.54) is 0 Å². The van der Waals surface area contributed by atoms with Crippen molar-refractivity contribution in [1.29, 1.82) is 0 Å². The Bertz CT molecular complexity index is 1200. The Labute approximate surface area is 213 Å². The van der Waals surface area contributed by atoms with Gasteiger partial charge in [-0.05, 0) is 85.7 Å². The average Bonchev–Trinajstić information content (AvgIpc) is 3.38. The molecule has 5 nitrogen and oxygen atoms in total. The number of hydrazone groups is 1. The van der Waals surface area contributed by atoms with Gasteiger partial charge in [0.15, 0.2) is 0 Å². The van der Waals surface area contributed by atoms with E-state index in [9.17, 15) is 9.59 Å². The summed E-state index contributed by atoms with van der Waals surface area (Å²) in [5.41, 5.74) is 1.80. The number of fused-ring (bicyclic) bond motifs is 3. The molecule has 1 heterocycles. The highest BCUT2D eigenvalue weighted by Crippen LogP contribution is 2.73. The Hall–Kier alpha value is -1.96. The number of imide groups is 1. The molecule has 1 aliphatic heterocycles. The third-order valence-corrected chi connectivity index (χ3v) is 9.05. The molecule has 3 fully saturated rings. The molecule has 2 bridgehead atoms. The molecule has 168 valence electrons. The molecule has 4 aliphatic rings. The molecule has 2 amide bonds.